The first-order valence-electron chi connectivity index (χ1n) is 6.13. The van der Waals surface area contributed by atoms with Crippen molar-refractivity contribution in [1.29, 1.82) is 0 Å². The third kappa shape index (κ3) is 3.46. The summed E-state index contributed by atoms with van der Waals surface area (Å²) in [6.07, 6.45) is 2.10. The van der Waals surface area contributed by atoms with Crippen LogP contribution in [0.1, 0.15) is 18.4 Å². The van der Waals surface area contributed by atoms with Crippen LogP contribution in [0, 0.1) is 5.92 Å². The molecule has 1 aliphatic heterocycles. The predicted octanol–water partition coefficient (Wildman–Crippen LogP) is 2.41. The van der Waals surface area contributed by atoms with Gasteiger partial charge < -0.3 is 10.9 Å². The molecule has 5 heteroatoms. The summed E-state index contributed by atoms with van der Waals surface area (Å²) in [5.41, 5.74) is 6.98. The Balaban J connectivity index is 1.97. The monoisotopic (exact) mass is 311 g/mol. The Morgan fingerprint density at radius 3 is 3.11 bits per heavy atom. The molecular weight excluding hydrogens is 294 g/mol. The largest absolute Gasteiger partial charge is 0.409 e. The van der Waals surface area contributed by atoms with Crippen LogP contribution < -0.4 is 5.73 Å². The fourth-order valence-corrected chi connectivity index (χ4v) is 2.86. The highest BCUT2D eigenvalue weighted by Crippen LogP contribution is 2.20. The highest BCUT2D eigenvalue weighted by molar-refractivity contribution is 9.10. The smallest absolute Gasteiger partial charge is 0.143 e. The van der Waals surface area contributed by atoms with Crippen molar-refractivity contribution in [1.82, 2.24) is 4.90 Å². The number of oxime groups is 1. The molecule has 2 rings (SSSR count). The molecule has 0 amide bonds. The zero-order chi connectivity index (χ0) is 13.0. The first-order valence-corrected chi connectivity index (χ1v) is 6.92. The number of hydrogen-bond acceptors (Lipinski definition) is 3. The second kappa shape index (κ2) is 6.20. The van der Waals surface area contributed by atoms with Gasteiger partial charge in [-0.05, 0) is 37.1 Å². The van der Waals surface area contributed by atoms with Crippen LogP contribution in [-0.2, 0) is 6.54 Å². The van der Waals surface area contributed by atoms with Gasteiger partial charge in [-0.2, -0.15) is 0 Å². The average Bonchev–Trinajstić information content (AvgIpc) is 2.38. The summed E-state index contributed by atoms with van der Waals surface area (Å²) in [7, 11) is 0. The normalized spacial score (nSPS) is 22.1. The van der Waals surface area contributed by atoms with Gasteiger partial charge in [0.2, 0.25) is 0 Å². The summed E-state index contributed by atoms with van der Waals surface area (Å²) in [5, 5.41) is 11.9. The van der Waals surface area contributed by atoms with Crippen molar-refractivity contribution in [3.05, 3.63) is 34.3 Å². The minimum atomic E-state index is 0.177. The Bertz CT molecular complexity index is 436. The van der Waals surface area contributed by atoms with Crippen LogP contribution in [-0.4, -0.2) is 29.0 Å². The zero-order valence-electron chi connectivity index (χ0n) is 10.2. The highest BCUT2D eigenvalue weighted by atomic mass is 79.9. The van der Waals surface area contributed by atoms with Crippen molar-refractivity contribution < 1.29 is 5.21 Å². The number of amidine groups is 1. The van der Waals surface area contributed by atoms with E-state index in [1.807, 2.05) is 12.1 Å². The molecule has 1 unspecified atom stereocenters. The van der Waals surface area contributed by atoms with Crippen LogP contribution in [0.4, 0.5) is 0 Å². The van der Waals surface area contributed by atoms with Gasteiger partial charge in [-0.1, -0.05) is 33.2 Å². The summed E-state index contributed by atoms with van der Waals surface area (Å²) in [5.74, 6) is 0.532. The van der Waals surface area contributed by atoms with Gasteiger partial charge >= 0.3 is 0 Å². The molecule has 1 atom stereocenters. The number of nitrogens with zero attached hydrogens (tertiary/aromatic N) is 2. The predicted molar refractivity (Wildman–Crippen MR) is 75.6 cm³/mol. The van der Waals surface area contributed by atoms with Crippen LogP contribution in [0.25, 0.3) is 0 Å². The van der Waals surface area contributed by atoms with Crippen molar-refractivity contribution in [2.45, 2.75) is 19.4 Å². The third-order valence-electron chi connectivity index (χ3n) is 3.33. The molecule has 1 fully saturated rings. The summed E-state index contributed by atoms with van der Waals surface area (Å²) < 4.78 is 1.10. The van der Waals surface area contributed by atoms with E-state index in [0.29, 0.717) is 5.84 Å². The quantitative estimate of drug-likeness (QED) is 0.390. The lowest BCUT2D eigenvalue weighted by Crippen LogP contribution is -2.40. The zero-order valence-corrected chi connectivity index (χ0v) is 11.8. The molecule has 1 aromatic carbocycles. The molecule has 98 valence electrons. The van der Waals surface area contributed by atoms with Gasteiger partial charge in [-0.3, -0.25) is 4.90 Å². The van der Waals surface area contributed by atoms with Gasteiger partial charge in [0, 0.05) is 23.5 Å². The second-order valence-electron chi connectivity index (χ2n) is 4.73. The van der Waals surface area contributed by atoms with Crippen molar-refractivity contribution >= 4 is 21.8 Å². The summed E-state index contributed by atoms with van der Waals surface area (Å²) in [6.45, 7) is 2.85. The lowest BCUT2D eigenvalue weighted by Gasteiger charge is -2.32. The molecule has 1 aliphatic rings. The standard InChI is InChI=1S/C13H18BrN3O/c14-12-5-1-3-10(7-12)8-17-6-2-4-11(9-17)13(15)16-18/h1,3,5,7,11,18H,2,4,6,8-9H2,(H2,15,16). The summed E-state index contributed by atoms with van der Waals surface area (Å²) in [4.78, 5) is 2.36. The van der Waals surface area contributed by atoms with E-state index >= 15 is 0 Å². The number of nitrogens with two attached hydrogens (primary N) is 1. The van der Waals surface area contributed by atoms with E-state index in [4.69, 9.17) is 10.9 Å². The topological polar surface area (TPSA) is 61.9 Å². The Morgan fingerprint density at radius 2 is 2.39 bits per heavy atom. The maximum absolute atomic E-state index is 8.74. The molecular formula is C13H18BrN3O. The van der Waals surface area contributed by atoms with Crippen LogP contribution in [0.15, 0.2) is 33.9 Å². The number of benzene rings is 1. The lowest BCUT2D eigenvalue weighted by molar-refractivity contribution is 0.193. The Kier molecular flexibility index (Phi) is 4.60. The van der Waals surface area contributed by atoms with E-state index in [2.05, 4.69) is 38.1 Å². The van der Waals surface area contributed by atoms with Gasteiger partial charge in [-0.25, -0.2) is 0 Å². The van der Waals surface area contributed by atoms with Gasteiger partial charge in [0.15, 0.2) is 0 Å². The molecule has 3 N–H and O–H groups in total. The van der Waals surface area contributed by atoms with Crippen LogP contribution in [0.5, 0.6) is 0 Å². The molecule has 0 saturated carbocycles. The van der Waals surface area contributed by atoms with Crippen molar-refractivity contribution in [3.63, 3.8) is 0 Å². The van der Waals surface area contributed by atoms with Gasteiger partial charge in [-0.15, -0.1) is 0 Å². The maximum Gasteiger partial charge on any atom is 0.143 e. The fraction of sp³-hybridized carbons (Fsp3) is 0.462. The third-order valence-corrected chi connectivity index (χ3v) is 3.83. The minimum absolute atomic E-state index is 0.177. The van der Waals surface area contributed by atoms with Crippen LogP contribution >= 0.6 is 15.9 Å². The van der Waals surface area contributed by atoms with E-state index < -0.39 is 0 Å². The minimum Gasteiger partial charge on any atom is -0.409 e. The molecule has 1 aromatic rings. The summed E-state index contributed by atoms with van der Waals surface area (Å²) in [6, 6.07) is 8.33. The second-order valence-corrected chi connectivity index (χ2v) is 5.64. The van der Waals surface area contributed by atoms with E-state index in [-0.39, 0.29) is 5.92 Å². The van der Waals surface area contributed by atoms with Crippen molar-refractivity contribution in [2.24, 2.45) is 16.8 Å². The van der Waals surface area contributed by atoms with Crippen LogP contribution in [0.2, 0.25) is 0 Å². The highest BCUT2D eigenvalue weighted by Gasteiger charge is 2.23. The lowest BCUT2D eigenvalue weighted by atomic mass is 9.96. The molecule has 0 aliphatic carbocycles. The Labute approximate surface area is 116 Å². The van der Waals surface area contributed by atoms with Crippen molar-refractivity contribution in [2.75, 3.05) is 13.1 Å². The molecule has 1 heterocycles. The van der Waals surface area contributed by atoms with Gasteiger partial charge in [0.1, 0.15) is 5.84 Å². The molecule has 4 nitrogen and oxygen atoms in total. The molecule has 1 saturated heterocycles. The molecule has 18 heavy (non-hydrogen) atoms. The van der Waals surface area contributed by atoms with Crippen molar-refractivity contribution in [3.8, 4) is 0 Å². The van der Waals surface area contributed by atoms with E-state index in [1.165, 1.54) is 5.56 Å². The number of halogens is 1. The Morgan fingerprint density at radius 1 is 1.56 bits per heavy atom. The number of hydrogen-bond donors (Lipinski definition) is 2. The van der Waals surface area contributed by atoms with E-state index in [1.54, 1.807) is 0 Å². The first-order chi connectivity index (χ1) is 8.69. The van der Waals surface area contributed by atoms with Crippen LogP contribution in [0.3, 0.4) is 0 Å². The molecule has 0 radical (unpaired) electrons. The maximum atomic E-state index is 8.74. The SMILES string of the molecule is NC(=NO)C1CCCN(Cc2cccc(Br)c2)C1. The van der Waals surface area contributed by atoms with Gasteiger partial charge in [0.05, 0.1) is 0 Å². The van der Waals surface area contributed by atoms with Gasteiger partial charge in [0.25, 0.3) is 0 Å². The molecule has 0 bridgehead atoms. The number of rotatable bonds is 3. The number of piperidine rings is 1. The average molecular weight is 312 g/mol. The first kappa shape index (κ1) is 13.4. The molecule has 0 spiro atoms. The fourth-order valence-electron chi connectivity index (χ4n) is 2.42. The summed E-state index contributed by atoms with van der Waals surface area (Å²) >= 11 is 3.48. The van der Waals surface area contributed by atoms with E-state index in [9.17, 15) is 0 Å². The van der Waals surface area contributed by atoms with E-state index in [0.717, 1.165) is 36.9 Å². The molecule has 0 aromatic heterocycles. The number of likely N-dealkylation sites (tertiary alicyclic amines) is 1. The Hall–Kier alpha value is -1.07.